The van der Waals surface area contributed by atoms with Crippen LogP contribution in [-0.4, -0.2) is 41.6 Å². The highest BCUT2D eigenvalue weighted by molar-refractivity contribution is 7.99. The summed E-state index contributed by atoms with van der Waals surface area (Å²) in [6.45, 7) is 5.61. The van der Waals surface area contributed by atoms with Gasteiger partial charge in [0, 0.05) is 17.8 Å². The van der Waals surface area contributed by atoms with Crippen molar-refractivity contribution in [2.75, 3.05) is 26.1 Å². The summed E-state index contributed by atoms with van der Waals surface area (Å²) in [7, 11) is 1.58. The van der Waals surface area contributed by atoms with E-state index >= 15 is 0 Å². The third-order valence-electron chi connectivity index (χ3n) is 5.02. The molecule has 0 saturated heterocycles. The van der Waals surface area contributed by atoms with E-state index < -0.39 is 0 Å². The molecule has 1 atom stereocenters. The van der Waals surface area contributed by atoms with E-state index in [1.54, 1.807) is 13.2 Å². The predicted molar refractivity (Wildman–Crippen MR) is 122 cm³/mol. The molecule has 1 aromatic carbocycles. The number of halogens is 1. The lowest BCUT2D eigenvalue weighted by molar-refractivity contribution is -0.144. The molecule has 0 aliphatic rings. The van der Waals surface area contributed by atoms with Crippen LogP contribution in [-0.2, 0) is 20.8 Å². The second kappa shape index (κ2) is 13.0. The Bertz CT molecular complexity index is 887. The number of unbranched alkanes of at least 4 members (excludes halogenated alkanes) is 1. The number of carbonyl (C=O) groups excluding carboxylic acids is 1. The molecule has 166 valence electrons. The van der Waals surface area contributed by atoms with E-state index in [0.29, 0.717) is 53.8 Å². The van der Waals surface area contributed by atoms with E-state index in [2.05, 4.69) is 18.8 Å². The van der Waals surface area contributed by atoms with E-state index in [1.807, 2.05) is 6.07 Å². The van der Waals surface area contributed by atoms with Crippen LogP contribution in [0.2, 0.25) is 5.02 Å². The molecule has 0 N–H and O–H groups in total. The summed E-state index contributed by atoms with van der Waals surface area (Å²) in [6, 6.07) is 3.62. The zero-order valence-corrected chi connectivity index (χ0v) is 19.6. The van der Waals surface area contributed by atoms with E-state index in [-0.39, 0.29) is 11.5 Å². The first-order chi connectivity index (χ1) is 14.5. The zero-order chi connectivity index (χ0) is 21.9. The van der Waals surface area contributed by atoms with Crippen molar-refractivity contribution >= 4 is 40.2 Å². The molecule has 1 aromatic heterocycles. The average molecular weight is 455 g/mol. The molecular formula is C22H31ClN2O4S. The first-order valence-electron chi connectivity index (χ1n) is 10.5. The molecule has 8 heteroatoms. The minimum atomic E-state index is -0.196. The topological polar surface area (TPSA) is 70.4 Å². The van der Waals surface area contributed by atoms with Gasteiger partial charge in [-0.25, -0.2) is 4.98 Å². The Labute approximate surface area is 187 Å². The number of nitrogens with zero attached hydrogens (tertiary/aromatic N) is 2. The fourth-order valence-electron chi connectivity index (χ4n) is 3.07. The molecule has 0 radical (unpaired) electrons. The van der Waals surface area contributed by atoms with Crippen LogP contribution in [0.3, 0.4) is 0 Å². The Morgan fingerprint density at radius 1 is 1.33 bits per heavy atom. The third kappa shape index (κ3) is 7.00. The standard InChI is InChI=1S/C22H31ClN2O4S/c1-4-6-7-16(5-2)14-29-19(26)10-13-30-18-9-8-17-20(21(18)23)22(27)25(15-24-17)11-12-28-3/h8-9,15-16H,4-7,10-14H2,1-3H3. The number of hydrogen-bond acceptors (Lipinski definition) is 6. The molecule has 30 heavy (non-hydrogen) atoms. The van der Waals surface area contributed by atoms with Gasteiger partial charge in [0.05, 0.1) is 48.4 Å². The molecule has 0 aliphatic heterocycles. The number of carbonyl (C=O) groups is 1. The van der Waals surface area contributed by atoms with Gasteiger partial charge in [-0.05, 0) is 24.5 Å². The average Bonchev–Trinajstić information content (AvgIpc) is 2.75. The van der Waals surface area contributed by atoms with Crippen LogP contribution in [0.5, 0.6) is 0 Å². The lowest BCUT2D eigenvalue weighted by Crippen LogP contribution is -2.22. The Morgan fingerprint density at radius 2 is 2.13 bits per heavy atom. The molecule has 1 heterocycles. The number of ether oxygens (including phenoxy) is 2. The van der Waals surface area contributed by atoms with Crippen molar-refractivity contribution in [2.45, 2.75) is 57.4 Å². The van der Waals surface area contributed by atoms with Crippen LogP contribution in [0.4, 0.5) is 0 Å². The van der Waals surface area contributed by atoms with Crippen molar-refractivity contribution in [3.05, 3.63) is 33.8 Å². The van der Waals surface area contributed by atoms with Crippen LogP contribution in [0.25, 0.3) is 10.9 Å². The SMILES string of the molecule is CCCCC(CC)COC(=O)CCSc1ccc2ncn(CCOC)c(=O)c2c1Cl. The Balaban J connectivity index is 1.96. The van der Waals surface area contributed by atoms with Crippen molar-refractivity contribution < 1.29 is 14.3 Å². The van der Waals surface area contributed by atoms with Gasteiger partial charge in [-0.3, -0.25) is 14.2 Å². The molecule has 2 rings (SSSR count). The number of fused-ring (bicyclic) bond motifs is 1. The maximum atomic E-state index is 12.7. The molecule has 0 amide bonds. The number of benzene rings is 1. The summed E-state index contributed by atoms with van der Waals surface area (Å²) in [6.07, 6.45) is 6.23. The van der Waals surface area contributed by atoms with Gasteiger partial charge in [-0.2, -0.15) is 0 Å². The quantitative estimate of drug-likeness (QED) is 0.315. The van der Waals surface area contributed by atoms with Crippen molar-refractivity contribution in [1.29, 1.82) is 0 Å². The maximum absolute atomic E-state index is 12.7. The second-order valence-corrected chi connectivity index (χ2v) is 8.72. The minimum Gasteiger partial charge on any atom is -0.465 e. The number of hydrogen-bond donors (Lipinski definition) is 0. The number of thioether (sulfide) groups is 1. The summed E-state index contributed by atoms with van der Waals surface area (Å²) < 4.78 is 12.0. The normalized spacial score (nSPS) is 12.3. The van der Waals surface area contributed by atoms with E-state index in [1.165, 1.54) is 22.7 Å². The number of esters is 1. The van der Waals surface area contributed by atoms with Crippen LogP contribution < -0.4 is 5.56 Å². The van der Waals surface area contributed by atoms with E-state index in [0.717, 1.165) is 30.6 Å². The van der Waals surface area contributed by atoms with Crippen LogP contribution in [0, 0.1) is 5.92 Å². The number of methoxy groups -OCH3 is 1. The third-order valence-corrected chi connectivity index (χ3v) is 6.58. The largest absolute Gasteiger partial charge is 0.465 e. The zero-order valence-electron chi connectivity index (χ0n) is 18.0. The van der Waals surface area contributed by atoms with Gasteiger partial charge in [0.15, 0.2) is 0 Å². The Morgan fingerprint density at radius 3 is 2.83 bits per heavy atom. The molecule has 0 bridgehead atoms. The van der Waals surface area contributed by atoms with Crippen molar-refractivity contribution in [1.82, 2.24) is 9.55 Å². The van der Waals surface area contributed by atoms with Gasteiger partial charge in [0.1, 0.15) is 0 Å². The van der Waals surface area contributed by atoms with Gasteiger partial charge in [-0.15, -0.1) is 11.8 Å². The van der Waals surface area contributed by atoms with Crippen LogP contribution >= 0.6 is 23.4 Å². The monoisotopic (exact) mass is 454 g/mol. The minimum absolute atomic E-state index is 0.193. The van der Waals surface area contributed by atoms with Crippen LogP contribution in [0.1, 0.15) is 46.0 Å². The predicted octanol–water partition coefficient (Wildman–Crippen LogP) is 4.94. The van der Waals surface area contributed by atoms with Gasteiger partial charge in [-0.1, -0.05) is 44.7 Å². The summed E-state index contributed by atoms with van der Waals surface area (Å²) in [5, 5.41) is 0.769. The smallest absolute Gasteiger partial charge is 0.306 e. The second-order valence-electron chi connectivity index (χ2n) is 7.21. The fraction of sp³-hybridized carbons (Fsp3) is 0.591. The highest BCUT2D eigenvalue weighted by Gasteiger charge is 2.14. The van der Waals surface area contributed by atoms with Gasteiger partial charge in [0.2, 0.25) is 0 Å². The lowest BCUT2D eigenvalue weighted by Gasteiger charge is -2.14. The first-order valence-corrected chi connectivity index (χ1v) is 11.8. The van der Waals surface area contributed by atoms with E-state index in [9.17, 15) is 9.59 Å². The van der Waals surface area contributed by atoms with E-state index in [4.69, 9.17) is 21.1 Å². The summed E-state index contributed by atoms with van der Waals surface area (Å²) >= 11 is 7.96. The molecule has 0 saturated carbocycles. The van der Waals surface area contributed by atoms with Crippen molar-refractivity contribution in [3.63, 3.8) is 0 Å². The molecule has 0 spiro atoms. The lowest BCUT2D eigenvalue weighted by atomic mass is 10.0. The Hall–Kier alpha value is -1.57. The van der Waals surface area contributed by atoms with Gasteiger partial charge >= 0.3 is 5.97 Å². The van der Waals surface area contributed by atoms with Crippen LogP contribution in [0.15, 0.2) is 28.2 Å². The first kappa shape index (κ1) is 24.7. The number of rotatable bonds is 13. The van der Waals surface area contributed by atoms with Crippen molar-refractivity contribution in [2.24, 2.45) is 5.92 Å². The Kier molecular flexibility index (Phi) is 10.7. The summed E-state index contributed by atoms with van der Waals surface area (Å²) in [4.78, 5) is 29.9. The summed E-state index contributed by atoms with van der Waals surface area (Å²) in [5.41, 5.74) is 0.363. The number of aromatic nitrogens is 2. The molecule has 0 aliphatic carbocycles. The molecule has 2 aromatic rings. The fourth-order valence-corrected chi connectivity index (χ4v) is 4.36. The van der Waals surface area contributed by atoms with Gasteiger partial charge < -0.3 is 9.47 Å². The molecule has 6 nitrogen and oxygen atoms in total. The molecule has 1 unspecified atom stereocenters. The summed E-state index contributed by atoms with van der Waals surface area (Å²) in [5.74, 6) is 0.774. The highest BCUT2D eigenvalue weighted by Crippen LogP contribution is 2.32. The highest BCUT2D eigenvalue weighted by atomic mass is 35.5. The maximum Gasteiger partial charge on any atom is 0.306 e. The molecule has 0 fully saturated rings. The van der Waals surface area contributed by atoms with Crippen molar-refractivity contribution in [3.8, 4) is 0 Å². The molecular weight excluding hydrogens is 424 g/mol. The van der Waals surface area contributed by atoms with Gasteiger partial charge in [0.25, 0.3) is 5.56 Å².